The summed E-state index contributed by atoms with van der Waals surface area (Å²) >= 11 is 0. The number of halogens is 1. The molecule has 1 rings (SSSR count). The fraction of sp³-hybridized carbons (Fsp3) is 0.222. The molecule has 0 amide bonds. The molecule has 0 atom stereocenters. The van der Waals surface area contributed by atoms with E-state index in [-0.39, 0.29) is 34.6 Å². The van der Waals surface area contributed by atoms with E-state index in [1.54, 1.807) is 18.2 Å². The maximum atomic E-state index is 9.12. The number of rotatable bonds is 2. The Balaban J connectivity index is -0.000000260. The Labute approximate surface area is 106 Å². The monoisotopic (exact) mass is 273 g/mol. The molecule has 0 fully saturated rings. The van der Waals surface area contributed by atoms with Gasteiger partial charge in [-0.2, -0.15) is 6.92 Å². The molecule has 0 aliphatic heterocycles. The minimum atomic E-state index is 0. The number of nitrogens with one attached hydrogen (secondary N) is 2. The van der Waals surface area contributed by atoms with Gasteiger partial charge in [0, 0.05) is 12.1 Å². The average Bonchev–Trinajstić information content (AvgIpc) is 2.11. The number of para-hydroxylation sites is 1. The van der Waals surface area contributed by atoms with Crippen LogP contribution in [0.5, 0.6) is 5.75 Å². The fourth-order valence-corrected chi connectivity index (χ4v) is 0.756. The summed E-state index contributed by atoms with van der Waals surface area (Å²) < 4.78 is 0. The number of phenolic OH excluding ortho intramolecular Hbond substituents is 1. The number of carbonyl (C=O) groups excluding carboxylic acids is 1. The smallest absolute Gasteiger partial charge is 1.00 e. The van der Waals surface area contributed by atoms with Crippen molar-refractivity contribution >= 4 is 6.29 Å². The normalized spacial score (nSPS) is 7.33. The van der Waals surface area contributed by atoms with Crippen LogP contribution in [-0.4, -0.2) is 11.4 Å². The van der Waals surface area contributed by atoms with Crippen molar-refractivity contribution in [1.29, 1.82) is 0 Å². The molecular weight excluding hydrogens is 262 g/mol. The third kappa shape index (κ3) is 9.69. The number of hydrogen-bond donors (Lipinski definition) is 2. The first kappa shape index (κ1) is 19.9. The molecular formula is C9H12ClN2NiO2. The number of hydrogen-bond acceptors (Lipinski definition) is 3. The Morgan fingerprint density at radius 3 is 2.33 bits per heavy atom. The van der Waals surface area contributed by atoms with Crippen LogP contribution in [0.4, 0.5) is 0 Å². The van der Waals surface area contributed by atoms with E-state index in [9.17, 15) is 0 Å². The second-order valence-corrected chi connectivity index (χ2v) is 2.19. The molecule has 0 spiro atoms. The van der Waals surface area contributed by atoms with E-state index in [2.05, 4.69) is 5.43 Å². The van der Waals surface area contributed by atoms with E-state index < -0.39 is 0 Å². The van der Waals surface area contributed by atoms with Crippen LogP contribution in [0.1, 0.15) is 12.5 Å². The van der Waals surface area contributed by atoms with Crippen LogP contribution in [0.25, 0.3) is 5.84 Å². The summed E-state index contributed by atoms with van der Waals surface area (Å²) in [6, 6.07) is 6.96. The Morgan fingerprint density at radius 1 is 1.47 bits per heavy atom. The molecule has 0 aliphatic carbocycles. The molecule has 0 aromatic heterocycles. The molecule has 6 heteroatoms. The van der Waals surface area contributed by atoms with Gasteiger partial charge in [0.25, 0.3) is 0 Å². The molecule has 3 N–H and O–H groups in total. The maximum absolute atomic E-state index is 9.12. The standard InChI is InChI=1S/C7H9N2O.C2H3O.ClH.Ni/c8-9-5-6-3-1-2-4-7(6)10;1-2-3;;/h1-4,8-10H,5H2;1H3;1H;/q2*-1;;+3/p-1. The van der Waals surface area contributed by atoms with Crippen molar-refractivity contribution in [3.05, 3.63) is 35.7 Å². The van der Waals surface area contributed by atoms with E-state index in [0.717, 1.165) is 5.56 Å². The molecule has 0 saturated heterocycles. The van der Waals surface area contributed by atoms with Gasteiger partial charge in [0.2, 0.25) is 0 Å². The first-order valence-corrected chi connectivity index (χ1v) is 3.71. The van der Waals surface area contributed by atoms with Crippen LogP contribution in [0.2, 0.25) is 0 Å². The quantitative estimate of drug-likeness (QED) is 0.394. The van der Waals surface area contributed by atoms with Gasteiger partial charge in [0.05, 0.1) is 0 Å². The second kappa shape index (κ2) is 13.4. The minimum Gasteiger partial charge on any atom is -1.00 e. The van der Waals surface area contributed by atoms with Crippen LogP contribution in [0.15, 0.2) is 24.3 Å². The van der Waals surface area contributed by atoms with E-state index in [1.165, 1.54) is 13.2 Å². The molecule has 4 nitrogen and oxygen atoms in total. The molecule has 0 heterocycles. The van der Waals surface area contributed by atoms with E-state index in [0.29, 0.717) is 6.54 Å². The third-order valence-corrected chi connectivity index (χ3v) is 1.27. The summed E-state index contributed by atoms with van der Waals surface area (Å²) in [5, 5.41) is 9.12. The molecule has 15 heavy (non-hydrogen) atoms. The Bertz CT molecular complexity index is 262. The van der Waals surface area contributed by atoms with Gasteiger partial charge >= 0.3 is 16.5 Å². The summed E-state index contributed by atoms with van der Waals surface area (Å²) in [5.74, 6) is 6.91. The summed E-state index contributed by atoms with van der Waals surface area (Å²) in [6.07, 6.45) is 1.50. The van der Waals surface area contributed by atoms with Crippen molar-refractivity contribution in [1.82, 2.24) is 5.43 Å². The van der Waals surface area contributed by atoms with Crippen molar-refractivity contribution in [2.75, 3.05) is 0 Å². The largest absolute Gasteiger partial charge is 3.00 e. The Kier molecular flexibility index (Phi) is 17.8. The van der Waals surface area contributed by atoms with Gasteiger partial charge in [0.1, 0.15) is 5.75 Å². The molecule has 0 bridgehead atoms. The van der Waals surface area contributed by atoms with Crippen molar-refractivity contribution in [2.45, 2.75) is 13.5 Å². The second-order valence-electron chi connectivity index (χ2n) is 2.19. The first-order valence-electron chi connectivity index (χ1n) is 3.71. The van der Waals surface area contributed by atoms with Crippen molar-refractivity contribution < 1.29 is 38.8 Å². The van der Waals surface area contributed by atoms with Crippen LogP contribution < -0.4 is 17.8 Å². The summed E-state index contributed by atoms with van der Waals surface area (Å²) in [7, 11) is 0. The molecule has 1 aromatic carbocycles. The fourth-order valence-electron chi connectivity index (χ4n) is 0.756. The summed E-state index contributed by atoms with van der Waals surface area (Å²) in [5.41, 5.74) is 2.96. The number of benzene rings is 1. The van der Waals surface area contributed by atoms with E-state index in [1.807, 2.05) is 6.07 Å². The van der Waals surface area contributed by atoms with Gasteiger partial charge in [0.15, 0.2) is 0 Å². The molecule has 0 aliphatic rings. The van der Waals surface area contributed by atoms with Gasteiger partial charge in [-0.3, -0.25) is 6.29 Å². The van der Waals surface area contributed by atoms with Crippen molar-refractivity contribution in [3.63, 3.8) is 0 Å². The first-order chi connectivity index (χ1) is 6.26. The van der Waals surface area contributed by atoms with Gasteiger partial charge < -0.3 is 33.6 Å². The zero-order chi connectivity index (χ0) is 10.1. The molecule has 0 saturated carbocycles. The maximum Gasteiger partial charge on any atom is 3.00 e. The van der Waals surface area contributed by atoms with E-state index >= 15 is 0 Å². The predicted molar refractivity (Wildman–Crippen MR) is 50.6 cm³/mol. The van der Waals surface area contributed by atoms with Gasteiger partial charge in [-0.25, -0.2) is 0 Å². The van der Waals surface area contributed by atoms with Gasteiger partial charge in [-0.05, 0) is 6.07 Å². The van der Waals surface area contributed by atoms with Crippen LogP contribution >= 0.6 is 0 Å². The average molecular weight is 274 g/mol. The minimum absolute atomic E-state index is 0. The summed E-state index contributed by atoms with van der Waals surface area (Å²) in [4.78, 5) is 8.68. The molecule has 1 aromatic rings. The zero-order valence-electron chi connectivity index (χ0n) is 8.07. The van der Waals surface area contributed by atoms with E-state index in [4.69, 9.17) is 15.7 Å². The SMILES string of the molecule is C[C-]=O.[Cl-].[NH-]NCc1ccccc1O.[Ni+3]. The zero-order valence-corrected chi connectivity index (χ0v) is 9.81. The van der Waals surface area contributed by atoms with Crippen LogP contribution in [0, 0.1) is 0 Å². The van der Waals surface area contributed by atoms with Crippen molar-refractivity contribution in [3.8, 4) is 5.75 Å². The molecule has 0 unspecified atom stereocenters. The molecule has 1 radical (unpaired) electrons. The topological polar surface area (TPSA) is 73.1 Å². The van der Waals surface area contributed by atoms with Gasteiger partial charge in [-0.15, -0.1) is 0 Å². The van der Waals surface area contributed by atoms with Crippen molar-refractivity contribution in [2.24, 2.45) is 0 Å². The van der Waals surface area contributed by atoms with Crippen LogP contribution in [-0.2, 0) is 27.8 Å². The predicted octanol–water partition coefficient (Wildman–Crippen LogP) is -1.43. The molecule has 87 valence electrons. The van der Waals surface area contributed by atoms with Gasteiger partial charge in [-0.1, -0.05) is 18.2 Å². The summed E-state index contributed by atoms with van der Waals surface area (Å²) in [6.45, 7) is 1.70. The Morgan fingerprint density at radius 2 is 1.93 bits per heavy atom. The Hall–Kier alpha value is -0.606. The third-order valence-electron chi connectivity index (χ3n) is 1.27. The number of phenols is 1. The number of aromatic hydroxyl groups is 1. The van der Waals surface area contributed by atoms with Crippen LogP contribution in [0.3, 0.4) is 0 Å².